The second kappa shape index (κ2) is 5.18. The summed E-state index contributed by atoms with van der Waals surface area (Å²) in [5, 5.41) is 11.4. The van der Waals surface area contributed by atoms with Crippen LogP contribution < -0.4 is 5.32 Å². The number of nitrogens with one attached hydrogen (secondary N) is 1. The molecule has 0 spiro atoms. The maximum atomic E-state index is 12.6. The Labute approximate surface area is 94.9 Å². The molecule has 0 radical (unpaired) electrons. The summed E-state index contributed by atoms with van der Waals surface area (Å²) in [5.41, 5.74) is -1.37. The Morgan fingerprint density at radius 3 is 2.41 bits per heavy atom. The van der Waals surface area contributed by atoms with E-state index >= 15 is 0 Å². The summed E-state index contributed by atoms with van der Waals surface area (Å²) >= 11 is 0. The van der Waals surface area contributed by atoms with Crippen LogP contribution in [0.4, 0.5) is 17.6 Å². The summed E-state index contributed by atoms with van der Waals surface area (Å²) in [4.78, 5) is 10.8. The highest BCUT2D eigenvalue weighted by molar-refractivity contribution is 5.83. The summed E-state index contributed by atoms with van der Waals surface area (Å²) < 4.78 is 53.7. The SMILES string of the molecule is O=C(NCC1(O)CCOCC1)C(F)(F)C(F)F. The van der Waals surface area contributed by atoms with Gasteiger partial charge in [0.1, 0.15) is 0 Å². The quantitative estimate of drug-likeness (QED) is 0.725. The lowest BCUT2D eigenvalue weighted by Gasteiger charge is -2.32. The standard InChI is InChI=1S/C9H13F4NO3/c10-6(11)9(12,13)7(15)14-5-8(16)1-3-17-4-2-8/h6,16H,1-5H2,(H,14,15). The van der Waals surface area contributed by atoms with E-state index in [9.17, 15) is 27.5 Å². The highest BCUT2D eigenvalue weighted by Gasteiger charge is 2.49. The molecule has 4 nitrogen and oxygen atoms in total. The van der Waals surface area contributed by atoms with Gasteiger partial charge < -0.3 is 15.2 Å². The van der Waals surface area contributed by atoms with Gasteiger partial charge in [-0.15, -0.1) is 0 Å². The van der Waals surface area contributed by atoms with Crippen LogP contribution in [0.25, 0.3) is 0 Å². The van der Waals surface area contributed by atoms with Crippen molar-refractivity contribution in [2.45, 2.75) is 30.8 Å². The number of ether oxygens (including phenoxy) is 1. The molecule has 1 heterocycles. The molecular weight excluding hydrogens is 246 g/mol. The van der Waals surface area contributed by atoms with Gasteiger partial charge in [-0.25, -0.2) is 8.78 Å². The Morgan fingerprint density at radius 2 is 1.94 bits per heavy atom. The largest absolute Gasteiger partial charge is 0.388 e. The van der Waals surface area contributed by atoms with Crippen LogP contribution in [0.1, 0.15) is 12.8 Å². The van der Waals surface area contributed by atoms with Crippen LogP contribution in [-0.2, 0) is 9.53 Å². The van der Waals surface area contributed by atoms with E-state index < -0.39 is 30.4 Å². The minimum atomic E-state index is -4.73. The molecule has 100 valence electrons. The molecule has 1 fully saturated rings. The zero-order chi connectivity index (χ0) is 13.1. The molecule has 0 unspecified atom stereocenters. The third-order valence-electron chi connectivity index (χ3n) is 2.58. The first-order chi connectivity index (χ1) is 7.78. The minimum Gasteiger partial charge on any atom is -0.388 e. The first kappa shape index (κ1) is 14.2. The van der Waals surface area contributed by atoms with Crippen molar-refractivity contribution in [1.29, 1.82) is 0 Å². The maximum absolute atomic E-state index is 12.6. The normalized spacial score (nSPS) is 20.4. The minimum absolute atomic E-state index is 0.160. The number of aliphatic hydroxyl groups is 1. The van der Waals surface area contributed by atoms with Crippen molar-refractivity contribution in [2.24, 2.45) is 0 Å². The number of alkyl halides is 4. The molecule has 0 aliphatic carbocycles. The lowest BCUT2D eigenvalue weighted by atomic mass is 9.94. The fourth-order valence-corrected chi connectivity index (χ4v) is 1.39. The molecule has 8 heteroatoms. The van der Waals surface area contributed by atoms with E-state index in [1.165, 1.54) is 0 Å². The van der Waals surface area contributed by atoms with Gasteiger partial charge in [0.05, 0.1) is 5.60 Å². The topological polar surface area (TPSA) is 58.6 Å². The third-order valence-corrected chi connectivity index (χ3v) is 2.58. The lowest BCUT2D eigenvalue weighted by Crippen LogP contribution is -2.52. The highest BCUT2D eigenvalue weighted by atomic mass is 19.3. The molecule has 1 aliphatic rings. The van der Waals surface area contributed by atoms with E-state index in [4.69, 9.17) is 4.74 Å². The monoisotopic (exact) mass is 259 g/mol. The van der Waals surface area contributed by atoms with Gasteiger partial charge >= 0.3 is 12.3 Å². The zero-order valence-corrected chi connectivity index (χ0v) is 8.89. The zero-order valence-electron chi connectivity index (χ0n) is 8.89. The molecule has 1 rings (SSSR count). The first-order valence-corrected chi connectivity index (χ1v) is 5.02. The Hall–Kier alpha value is -0.890. The number of carbonyl (C=O) groups is 1. The van der Waals surface area contributed by atoms with Crippen LogP contribution >= 0.6 is 0 Å². The molecule has 2 N–H and O–H groups in total. The van der Waals surface area contributed by atoms with Gasteiger partial charge in [-0.1, -0.05) is 0 Å². The molecule has 0 aromatic heterocycles. The maximum Gasteiger partial charge on any atom is 0.383 e. The van der Waals surface area contributed by atoms with Gasteiger partial charge in [-0.05, 0) is 0 Å². The van der Waals surface area contributed by atoms with Crippen molar-refractivity contribution in [3.63, 3.8) is 0 Å². The summed E-state index contributed by atoms with van der Waals surface area (Å²) in [6.07, 6.45) is -3.74. The van der Waals surface area contributed by atoms with Gasteiger partial charge in [0.15, 0.2) is 0 Å². The fraction of sp³-hybridized carbons (Fsp3) is 0.889. The van der Waals surface area contributed by atoms with Crippen molar-refractivity contribution in [1.82, 2.24) is 5.32 Å². The van der Waals surface area contributed by atoms with E-state index in [0.717, 1.165) is 0 Å². The smallest absolute Gasteiger partial charge is 0.383 e. The van der Waals surface area contributed by atoms with Crippen molar-refractivity contribution in [3.8, 4) is 0 Å². The second-order valence-electron chi connectivity index (χ2n) is 3.94. The summed E-state index contributed by atoms with van der Waals surface area (Å²) in [5.74, 6) is -6.81. The van der Waals surface area contributed by atoms with Gasteiger partial charge in [-0.2, -0.15) is 8.78 Å². The van der Waals surface area contributed by atoms with Crippen LogP contribution in [0.15, 0.2) is 0 Å². The Balaban J connectivity index is 2.47. The second-order valence-corrected chi connectivity index (χ2v) is 3.94. The van der Waals surface area contributed by atoms with Gasteiger partial charge in [0, 0.05) is 32.6 Å². The highest BCUT2D eigenvalue weighted by Crippen LogP contribution is 2.24. The number of hydrogen-bond donors (Lipinski definition) is 2. The number of carbonyl (C=O) groups excluding carboxylic acids is 1. The van der Waals surface area contributed by atoms with Crippen molar-refractivity contribution < 1.29 is 32.2 Å². The molecule has 17 heavy (non-hydrogen) atoms. The van der Waals surface area contributed by atoms with Crippen LogP contribution in [0.2, 0.25) is 0 Å². The summed E-state index contributed by atoms with van der Waals surface area (Å²) in [6.45, 7) is -0.0211. The summed E-state index contributed by atoms with van der Waals surface area (Å²) in [7, 11) is 0. The molecule has 0 aromatic carbocycles. The number of rotatable bonds is 4. The van der Waals surface area contributed by atoms with E-state index in [-0.39, 0.29) is 26.1 Å². The third kappa shape index (κ3) is 3.53. The molecule has 1 saturated heterocycles. The van der Waals surface area contributed by atoms with E-state index in [2.05, 4.69) is 0 Å². The Kier molecular flexibility index (Phi) is 4.31. The van der Waals surface area contributed by atoms with Crippen LogP contribution in [0.5, 0.6) is 0 Å². The van der Waals surface area contributed by atoms with Gasteiger partial charge in [-0.3, -0.25) is 4.79 Å². The van der Waals surface area contributed by atoms with Crippen molar-refractivity contribution in [3.05, 3.63) is 0 Å². The molecule has 0 aromatic rings. The Bertz CT molecular complexity index is 279. The van der Waals surface area contributed by atoms with Crippen LogP contribution in [-0.4, -0.2) is 48.7 Å². The van der Waals surface area contributed by atoms with Gasteiger partial charge in [0.2, 0.25) is 0 Å². The molecule has 1 amide bonds. The number of hydrogen-bond acceptors (Lipinski definition) is 3. The number of halogens is 4. The van der Waals surface area contributed by atoms with Crippen LogP contribution in [0.3, 0.4) is 0 Å². The first-order valence-electron chi connectivity index (χ1n) is 5.02. The average Bonchev–Trinajstić information content (AvgIpc) is 2.26. The molecule has 0 bridgehead atoms. The Morgan fingerprint density at radius 1 is 1.41 bits per heavy atom. The summed E-state index contributed by atoms with van der Waals surface area (Å²) in [6, 6.07) is 0. The predicted molar refractivity (Wildman–Crippen MR) is 49.0 cm³/mol. The fourth-order valence-electron chi connectivity index (χ4n) is 1.39. The average molecular weight is 259 g/mol. The van der Waals surface area contributed by atoms with Gasteiger partial charge in [0.25, 0.3) is 5.91 Å². The van der Waals surface area contributed by atoms with E-state index in [1.807, 2.05) is 0 Å². The molecule has 1 aliphatic heterocycles. The van der Waals surface area contributed by atoms with E-state index in [0.29, 0.717) is 0 Å². The molecular formula is C9H13F4NO3. The van der Waals surface area contributed by atoms with Crippen molar-refractivity contribution >= 4 is 5.91 Å². The molecule has 0 saturated carbocycles. The number of amides is 1. The van der Waals surface area contributed by atoms with Crippen LogP contribution in [0, 0.1) is 0 Å². The predicted octanol–water partition coefficient (Wildman–Crippen LogP) is 0.544. The lowest BCUT2D eigenvalue weighted by molar-refractivity contribution is -0.171. The van der Waals surface area contributed by atoms with E-state index in [1.54, 1.807) is 5.32 Å². The van der Waals surface area contributed by atoms with Crippen molar-refractivity contribution in [2.75, 3.05) is 19.8 Å². The molecule has 0 atom stereocenters.